The smallest absolute Gasteiger partial charge is 0.222 e. The Kier molecular flexibility index (Phi) is 1.70. The van der Waals surface area contributed by atoms with Gasteiger partial charge in [-0.25, -0.2) is 4.98 Å². The second kappa shape index (κ2) is 2.85. The minimum Gasteiger partial charge on any atom is -0.477 e. The normalized spacial score (nSPS) is 10.4. The molecule has 0 fully saturated rings. The second-order valence-electron chi connectivity index (χ2n) is 2.51. The van der Waals surface area contributed by atoms with Crippen molar-refractivity contribution in [2.45, 2.75) is 6.92 Å². The third-order valence-corrected chi connectivity index (χ3v) is 1.73. The number of aromatic nitrogens is 2. The van der Waals surface area contributed by atoms with Crippen LogP contribution in [0.5, 0.6) is 5.88 Å². The van der Waals surface area contributed by atoms with Crippen molar-refractivity contribution >= 4 is 10.8 Å². The van der Waals surface area contributed by atoms with E-state index in [0.29, 0.717) is 12.5 Å². The third kappa shape index (κ3) is 1.03. The van der Waals surface area contributed by atoms with Crippen molar-refractivity contribution in [2.24, 2.45) is 0 Å². The monoisotopic (exact) mass is 162 g/mol. The molecule has 0 bridgehead atoms. The van der Waals surface area contributed by atoms with E-state index in [0.717, 1.165) is 10.8 Å². The molecular formula is C9H10N2O. The van der Waals surface area contributed by atoms with Crippen LogP contribution in [0, 0.1) is 0 Å². The molecule has 0 atom stereocenters. The Morgan fingerprint density at radius 1 is 1.50 bits per heavy atom. The molecule has 0 aromatic carbocycles. The summed E-state index contributed by atoms with van der Waals surface area (Å²) in [7, 11) is 0. The molecule has 0 saturated heterocycles. The van der Waals surface area contributed by atoms with Crippen LogP contribution in [0.3, 0.4) is 0 Å². The van der Waals surface area contributed by atoms with Crippen LogP contribution < -0.4 is 4.74 Å². The lowest BCUT2D eigenvalue weighted by Crippen LogP contribution is -1.93. The van der Waals surface area contributed by atoms with Gasteiger partial charge in [-0.3, -0.25) is 0 Å². The lowest BCUT2D eigenvalue weighted by molar-refractivity contribution is 0.331. The number of nitrogens with one attached hydrogen (secondary N) is 1. The molecule has 0 aliphatic carbocycles. The van der Waals surface area contributed by atoms with Crippen LogP contribution in [0.25, 0.3) is 10.8 Å². The minimum atomic E-state index is 0.650. The van der Waals surface area contributed by atoms with Gasteiger partial charge in [0.2, 0.25) is 5.88 Å². The first-order chi connectivity index (χ1) is 5.92. The summed E-state index contributed by atoms with van der Waals surface area (Å²) in [5, 5.41) is 2.17. The Morgan fingerprint density at radius 2 is 2.42 bits per heavy atom. The fourth-order valence-electron chi connectivity index (χ4n) is 1.21. The van der Waals surface area contributed by atoms with Crippen LogP contribution in [0.1, 0.15) is 6.92 Å². The van der Waals surface area contributed by atoms with E-state index in [1.54, 1.807) is 6.20 Å². The van der Waals surface area contributed by atoms with E-state index in [2.05, 4.69) is 9.97 Å². The van der Waals surface area contributed by atoms with Crippen molar-refractivity contribution in [2.75, 3.05) is 6.61 Å². The van der Waals surface area contributed by atoms with Gasteiger partial charge in [-0.05, 0) is 13.0 Å². The maximum absolute atomic E-state index is 5.35. The van der Waals surface area contributed by atoms with Gasteiger partial charge in [0.25, 0.3) is 0 Å². The van der Waals surface area contributed by atoms with Gasteiger partial charge in [0, 0.05) is 24.0 Å². The largest absolute Gasteiger partial charge is 0.477 e. The molecule has 0 unspecified atom stereocenters. The quantitative estimate of drug-likeness (QED) is 0.733. The first-order valence-electron chi connectivity index (χ1n) is 3.96. The molecule has 0 saturated carbocycles. The number of hydrogen-bond donors (Lipinski definition) is 1. The number of aromatic amines is 1. The van der Waals surface area contributed by atoms with Gasteiger partial charge in [-0.2, -0.15) is 0 Å². The number of fused-ring (bicyclic) bond motifs is 1. The Balaban J connectivity index is 2.57. The molecule has 0 aliphatic heterocycles. The molecule has 12 heavy (non-hydrogen) atoms. The summed E-state index contributed by atoms with van der Waals surface area (Å²) < 4.78 is 5.35. The van der Waals surface area contributed by atoms with E-state index in [9.17, 15) is 0 Å². The molecule has 2 heterocycles. The third-order valence-electron chi connectivity index (χ3n) is 1.73. The SMILES string of the molecule is CCOc1nccc2c[nH]cc12. The molecule has 0 aliphatic rings. The molecule has 3 nitrogen and oxygen atoms in total. The van der Waals surface area contributed by atoms with Crippen molar-refractivity contribution in [1.82, 2.24) is 9.97 Å². The molecule has 2 aromatic rings. The Hall–Kier alpha value is -1.51. The maximum atomic E-state index is 5.35. The standard InChI is InChI=1S/C9H10N2O/c1-2-12-9-8-6-10-5-7(8)3-4-11-9/h3-6,10H,2H2,1H3. The fraction of sp³-hybridized carbons (Fsp3) is 0.222. The predicted octanol–water partition coefficient (Wildman–Crippen LogP) is 1.96. The summed E-state index contributed by atoms with van der Waals surface area (Å²) in [4.78, 5) is 7.14. The highest BCUT2D eigenvalue weighted by Gasteiger charge is 2.01. The van der Waals surface area contributed by atoms with Crippen LogP contribution in [-0.4, -0.2) is 16.6 Å². The molecule has 0 radical (unpaired) electrons. The van der Waals surface area contributed by atoms with Gasteiger partial charge >= 0.3 is 0 Å². The summed E-state index contributed by atoms with van der Waals surface area (Å²) in [6.45, 7) is 2.60. The molecule has 62 valence electrons. The molecule has 2 aromatic heterocycles. The summed E-state index contributed by atoms with van der Waals surface area (Å²) in [6, 6.07) is 1.95. The van der Waals surface area contributed by atoms with Crippen molar-refractivity contribution in [3.05, 3.63) is 24.7 Å². The Bertz CT molecular complexity index is 381. The fourth-order valence-corrected chi connectivity index (χ4v) is 1.21. The van der Waals surface area contributed by atoms with Crippen molar-refractivity contribution < 1.29 is 4.74 Å². The van der Waals surface area contributed by atoms with Gasteiger partial charge < -0.3 is 9.72 Å². The van der Waals surface area contributed by atoms with Gasteiger partial charge in [0.05, 0.1) is 12.0 Å². The van der Waals surface area contributed by atoms with Crippen LogP contribution in [-0.2, 0) is 0 Å². The second-order valence-corrected chi connectivity index (χ2v) is 2.51. The number of H-pyrrole nitrogens is 1. The summed E-state index contributed by atoms with van der Waals surface area (Å²) in [5.41, 5.74) is 0. The van der Waals surface area contributed by atoms with E-state index in [4.69, 9.17) is 4.74 Å². The molecule has 3 heteroatoms. The van der Waals surface area contributed by atoms with E-state index in [1.807, 2.05) is 25.4 Å². The highest BCUT2D eigenvalue weighted by molar-refractivity contribution is 5.86. The number of pyridine rings is 1. The number of nitrogens with zero attached hydrogens (tertiary/aromatic N) is 1. The molecular weight excluding hydrogens is 152 g/mol. The van der Waals surface area contributed by atoms with Crippen LogP contribution in [0.15, 0.2) is 24.7 Å². The van der Waals surface area contributed by atoms with Gasteiger partial charge in [0.1, 0.15) is 0 Å². The van der Waals surface area contributed by atoms with Crippen molar-refractivity contribution in [3.8, 4) is 5.88 Å². The Morgan fingerprint density at radius 3 is 3.25 bits per heavy atom. The van der Waals surface area contributed by atoms with E-state index < -0.39 is 0 Å². The van der Waals surface area contributed by atoms with Crippen LogP contribution in [0.2, 0.25) is 0 Å². The highest BCUT2D eigenvalue weighted by Crippen LogP contribution is 2.21. The Labute approximate surface area is 70.4 Å². The highest BCUT2D eigenvalue weighted by atomic mass is 16.5. The van der Waals surface area contributed by atoms with Crippen LogP contribution in [0.4, 0.5) is 0 Å². The van der Waals surface area contributed by atoms with Crippen molar-refractivity contribution in [3.63, 3.8) is 0 Å². The topological polar surface area (TPSA) is 37.9 Å². The number of ether oxygens (including phenoxy) is 1. The summed E-state index contributed by atoms with van der Waals surface area (Å²) in [5.74, 6) is 0.705. The van der Waals surface area contributed by atoms with Gasteiger partial charge in [0.15, 0.2) is 0 Å². The summed E-state index contributed by atoms with van der Waals surface area (Å²) in [6.07, 6.45) is 5.58. The van der Waals surface area contributed by atoms with E-state index >= 15 is 0 Å². The summed E-state index contributed by atoms with van der Waals surface area (Å²) >= 11 is 0. The van der Waals surface area contributed by atoms with Crippen LogP contribution >= 0.6 is 0 Å². The maximum Gasteiger partial charge on any atom is 0.222 e. The molecule has 2 rings (SSSR count). The van der Waals surface area contributed by atoms with E-state index in [-0.39, 0.29) is 0 Å². The predicted molar refractivity (Wildman–Crippen MR) is 47.3 cm³/mol. The number of hydrogen-bond acceptors (Lipinski definition) is 2. The zero-order chi connectivity index (χ0) is 8.39. The van der Waals surface area contributed by atoms with E-state index in [1.165, 1.54) is 0 Å². The lowest BCUT2D eigenvalue weighted by Gasteiger charge is -2.01. The average molecular weight is 162 g/mol. The van der Waals surface area contributed by atoms with Gasteiger partial charge in [-0.15, -0.1) is 0 Å². The molecule has 1 N–H and O–H groups in total. The zero-order valence-electron chi connectivity index (χ0n) is 6.87. The van der Waals surface area contributed by atoms with Gasteiger partial charge in [-0.1, -0.05) is 0 Å². The number of rotatable bonds is 2. The lowest BCUT2D eigenvalue weighted by atomic mass is 10.3. The molecule has 0 amide bonds. The first-order valence-corrected chi connectivity index (χ1v) is 3.96. The molecule has 0 spiro atoms. The van der Waals surface area contributed by atoms with Crippen molar-refractivity contribution in [1.29, 1.82) is 0 Å². The first kappa shape index (κ1) is 7.16. The average Bonchev–Trinajstić information content (AvgIpc) is 2.53. The zero-order valence-corrected chi connectivity index (χ0v) is 6.87. The minimum absolute atomic E-state index is 0.650.